The van der Waals surface area contributed by atoms with Gasteiger partial charge in [0.25, 0.3) is 11.8 Å². The minimum absolute atomic E-state index is 0.338. The molecule has 0 saturated heterocycles. The highest BCUT2D eigenvalue weighted by molar-refractivity contribution is 5.98. The number of aromatic nitrogens is 1. The highest BCUT2D eigenvalue weighted by Crippen LogP contribution is 2.04. The lowest BCUT2D eigenvalue weighted by molar-refractivity contribution is 0.0842. The Kier molecular flexibility index (Phi) is 4.20. The standard InChI is InChI=1S/C15H17N3O2/c1-3-11-6-8-12(9-7-11)14(19)16-17-15(20)13-5-4-10-18(13)2/h4-10H,3H2,1-2H3,(H,16,19)(H,17,20). The number of hydrazine groups is 1. The molecule has 0 aliphatic heterocycles. The molecule has 104 valence electrons. The third-order valence-electron chi connectivity index (χ3n) is 3.09. The highest BCUT2D eigenvalue weighted by Gasteiger charge is 2.10. The number of aryl methyl sites for hydroxylation is 2. The van der Waals surface area contributed by atoms with Gasteiger partial charge in [0.15, 0.2) is 0 Å². The number of benzene rings is 1. The van der Waals surface area contributed by atoms with Crippen LogP contribution in [0.15, 0.2) is 42.6 Å². The molecule has 0 atom stereocenters. The monoisotopic (exact) mass is 271 g/mol. The summed E-state index contributed by atoms with van der Waals surface area (Å²) in [5, 5.41) is 0. The number of hydrogen-bond acceptors (Lipinski definition) is 2. The molecule has 0 spiro atoms. The third kappa shape index (κ3) is 3.06. The first-order chi connectivity index (χ1) is 9.61. The topological polar surface area (TPSA) is 63.1 Å². The van der Waals surface area contributed by atoms with Crippen molar-refractivity contribution in [1.82, 2.24) is 15.4 Å². The van der Waals surface area contributed by atoms with E-state index in [0.29, 0.717) is 11.3 Å². The van der Waals surface area contributed by atoms with E-state index >= 15 is 0 Å². The van der Waals surface area contributed by atoms with Crippen molar-refractivity contribution in [1.29, 1.82) is 0 Å². The lowest BCUT2D eigenvalue weighted by Crippen LogP contribution is -2.42. The van der Waals surface area contributed by atoms with Crippen LogP contribution in [0.25, 0.3) is 0 Å². The Hall–Kier alpha value is -2.56. The van der Waals surface area contributed by atoms with Crippen LogP contribution in [-0.4, -0.2) is 16.4 Å². The van der Waals surface area contributed by atoms with Crippen LogP contribution < -0.4 is 10.9 Å². The largest absolute Gasteiger partial charge is 0.347 e. The second kappa shape index (κ2) is 6.06. The van der Waals surface area contributed by atoms with Crippen LogP contribution in [0.5, 0.6) is 0 Å². The van der Waals surface area contributed by atoms with Crippen molar-refractivity contribution >= 4 is 11.8 Å². The van der Waals surface area contributed by atoms with Crippen LogP contribution in [0.1, 0.15) is 33.3 Å². The number of carbonyl (C=O) groups is 2. The van der Waals surface area contributed by atoms with E-state index in [0.717, 1.165) is 12.0 Å². The second-order valence-electron chi connectivity index (χ2n) is 4.46. The van der Waals surface area contributed by atoms with Crippen LogP contribution in [0.4, 0.5) is 0 Å². The molecule has 2 N–H and O–H groups in total. The van der Waals surface area contributed by atoms with Gasteiger partial charge in [-0.05, 0) is 36.2 Å². The number of amides is 2. The molecule has 0 fully saturated rings. The minimum Gasteiger partial charge on any atom is -0.347 e. The van der Waals surface area contributed by atoms with Crippen LogP contribution >= 0.6 is 0 Å². The molecule has 2 amide bonds. The van der Waals surface area contributed by atoms with Gasteiger partial charge >= 0.3 is 0 Å². The molecule has 0 unspecified atom stereocenters. The van der Waals surface area contributed by atoms with E-state index in [2.05, 4.69) is 17.8 Å². The van der Waals surface area contributed by atoms with Gasteiger partial charge in [0.05, 0.1) is 0 Å². The fraction of sp³-hybridized carbons (Fsp3) is 0.200. The summed E-state index contributed by atoms with van der Waals surface area (Å²) in [6.07, 6.45) is 2.69. The average Bonchev–Trinajstić information content (AvgIpc) is 2.90. The third-order valence-corrected chi connectivity index (χ3v) is 3.09. The van der Waals surface area contributed by atoms with E-state index in [4.69, 9.17) is 0 Å². The Labute approximate surface area is 117 Å². The molecule has 2 aromatic rings. The van der Waals surface area contributed by atoms with Crippen LogP contribution in [0, 0.1) is 0 Å². The molecule has 0 saturated carbocycles. The predicted molar refractivity (Wildman–Crippen MR) is 76.2 cm³/mol. The Morgan fingerprint density at radius 1 is 1.05 bits per heavy atom. The van der Waals surface area contributed by atoms with Crippen LogP contribution in [0.2, 0.25) is 0 Å². The van der Waals surface area contributed by atoms with Crippen molar-refractivity contribution in [3.05, 3.63) is 59.4 Å². The smallest absolute Gasteiger partial charge is 0.286 e. The summed E-state index contributed by atoms with van der Waals surface area (Å²) in [7, 11) is 1.76. The first-order valence-electron chi connectivity index (χ1n) is 6.42. The highest BCUT2D eigenvalue weighted by atomic mass is 16.2. The van der Waals surface area contributed by atoms with Crippen molar-refractivity contribution in [3.63, 3.8) is 0 Å². The first kappa shape index (κ1) is 13.9. The van der Waals surface area contributed by atoms with Crippen molar-refractivity contribution in [2.24, 2.45) is 7.05 Å². The van der Waals surface area contributed by atoms with Crippen molar-refractivity contribution in [2.75, 3.05) is 0 Å². The molecule has 1 aromatic carbocycles. The van der Waals surface area contributed by atoms with E-state index < -0.39 is 0 Å². The summed E-state index contributed by atoms with van der Waals surface area (Å²) in [5.41, 5.74) is 6.94. The molecule has 0 aliphatic rings. The fourth-order valence-electron chi connectivity index (χ4n) is 1.84. The van der Waals surface area contributed by atoms with E-state index in [1.54, 1.807) is 42.1 Å². The van der Waals surface area contributed by atoms with Crippen molar-refractivity contribution in [2.45, 2.75) is 13.3 Å². The molecule has 0 radical (unpaired) electrons. The lowest BCUT2D eigenvalue weighted by atomic mass is 10.1. The van der Waals surface area contributed by atoms with Gasteiger partial charge in [-0.2, -0.15) is 0 Å². The van der Waals surface area contributed by atoms with Gasteiger partial charge in [-0.3, -0.25) is 20.4 Å². The van der Waals surface area contributed by atoms with Crippen molar-refractivity contribution in [3.8, 4) is 0 Å². The molecule has 0 aliphatic carbocycles. The maximum atomic E-state index is 11.9. The fourth-order valence-corrected chi connectivity index (χ4v) is 1.84. The first-order valence-corrected chi connectivity index (χ1v) is 6.42. The van der Waals surface area contributed by atoms with Gasteiger partial charge in [-0.25, -0.2) is 0 Å². The summed E-state index contributed by atoms with van der Waals surface area (Å²) in [6.45, 7) is 2.05. The Morgan fingerprint density at radius 3 is 2.25 bits per heavy atom. The summed E-state index contributed by atoms with van der Waals surface area (Å²) < 4.78 is 1.68. The average molecular weight is 271 g/mol. The zero-order valence-corrected chi connectivity index (χ0v) is 11.5. The van der Waals surface area contributed by atoms with E-state index in [9.17, 15) is 9.59 Å². The van der Waals surface area contributed by atoms with E-state index in [1.807, 2.05) is 12.1 Å². The second-order valence-corrected chi connectivity index (χ2v) is 4.46. The van der Waals surface area contributed by atoms with Crippen LogP contribution in [-0.2, 0) is 13.5 Å². The molecule has 1 heterocycles. The van der Waals surface area contributed by atoms with Gasteiger partial charge in [0.2, 0.25) is 0 Å². The zero-order valence-electron chi connectivity index (χ0n) is 11.5. The van der Waals surface area contributed by atoms with Gasteiger partial charge in [-0.15, -0.1) is 0 Å². The molecular weight excluding hydrogens is 254 g/mol. The Bertz CT molecular complexity index is 614. The van der Waals surface area contributed by atoms with E-state index in [-0.39, 0.29) is 11.8 Å². The molecule has 5 nitrogen and oxygen atoms in total. The number of nitrogens with zero attached hydrogens (tertiary/aromatic N) is 1. The molecule has 5 heteroatoms. The maximum Gasteiger partial charge on any atom is 0.286 e. The maximum absolute atomic E-state index is 11.9. The summed E-state index contributed by atoms with van der Waals surface area (Å²) in [4.78, 5) is 23.7. The molecule has 2 rings (SSSR count). The van der Waals surface area contributed by atoms with Gasteiger partial charge in [0, 0.05) is 18.8 Å². The molecule has 20 heavy (non-hydrogen) atoms. The predicted octanol–water partition coefficient (Wildman–Crippen LogP) is 1.66. The lowest BCUT2D eigenvalue weighted by Gasteiger charge is -2.08. The molecular formula is C15H17N3O2. The minimum atomic E-state index is -0.351. The summed E-state index contributed by atoms with van der Waals surface area (Å²) >= 11 is 0. The summed E-state index contributed by atoms with van der Waals surface area (Å²) in [5.74, 6) is -0.689. The van der Waals surface area contributed by atoms with Gasteiger partial charge < -0.3 is 4.57 Å². The SMILES string of the molecule is CCc1ccc(C(=O)NNC(=O)c2cccn2C)cc1. The Morgan fingerprint density at radius 2 is 1.70 bits per heavy atom. The van der Waals surface area contributed by atoms with E-state index in [1.165, 1.54) is 0 Å². The zero-order chi connectivity index (χ0) is 14.5. The van der Waals surface area contributed by atoms with Crippen molar-refractivity contribution < 1.29 is 9.59 Å². The van der Waals surface area contributed by atoms with Gasteiger partial charge in [0.1, 0.15) is 5.69 Å². The number of rotatable bonds is 3. The van der Waals surface area contributed by atoms with Gasteiger partial charge in [-0.1, -0.05) is 19.1 Å². The molecule has 0 bridgehead atoms. The Balaban J connectivity index is 1.95. The number of hydrogen-bond donors (Lipinski definition) is 2. The number of carbonyl (C=O) groups excluding carboxylic acids is 2. The number of nitrogens with one attached hydrogen (secondary N) is 2. The molecule has 1 aromatic heterocycles. The quantitative estimate of drug-likeness (QED) is 0.834. The normalized spacial score (nSPS) is 10.1. The summed E-state index contributed by atoms with van der Waals surface area (Å²) in [6, 6.07) is 10.7. The van der Waals surface area contributed by atoms with Crippen LogP contribution in [0.3, 0.4) is 0 Å².